The van der Waals surface area contributed by atoms with Crippen molar-refractivity contribution in [3.05, 3.63) is 21.9 Å². The van der Waals surface area contributed by atoms with Gasteiger partial charge >= 0.3 is 0 Å². The third kappa shape index (κ3) is 1.58. The second kappa shape index (κ2) is 3.89. The summed E-state index contributed by atoms with van der Waals surface area (Å²) >= 11 is 3.30. The second-order valence-electron chi connectivity index (χ2n) is 4.08. The highest BCUT2D eigenvalue weighted by Crippen LogP contribution is 2.55. The summed E-state index contributed by atoms with van der Waals surface area (Å²) in [6.07, 6.45) is 1.87. The molecule has 0 radical (unpaired) electrons. The molecule has 1 aliphatic carbocycles. The highest BCUT2D eigenvalue weighted by Gasteiger charge is 2.47. The lowest BCUT2D eigenvalue weighted by Gasteiger charge is -2.19. The SMILES string of the molecule is COc1c(O)c(F)cc(Br)c1C1(CN)CC1. The van der Waals surface area contributed by atoms with Crippen molar-refractivity contribution in [2.45, 2.75) is 18.3 Å². The Morgan fingerprint density at radius 2 is 2.25 bits per heavy atom. The van der Waals surface area contributed by atoms with Crippen LogP contribution in [0.3, 0.4) is 0 Å². The van der Waals surface area contributed by atoms with Gasteiger partial charge in [-0.1, -0.05) is 15.9 Å². The number of hydrogen-bond donors (Lipinski definition) is 2. The summed E-state index contributed by atoms with van der Waals surface area (Å²) in [6, 6.07) is 1.25. The first-order valence-electron chi connectivity index (χ1n) is 5.01. The summed E-state index contributed by atoms with van der Waals surface area (Å²) < 4.78 is 19.0. The van der Waals surface area contributed by atoms with E-state index in [1.54, 1.807) is 0 Å². The minimum atomic E-state index is -0.694. The number of benzene rings is 1. The lowest BCUT2D eigenvalue weighted by atomic mass is 9.94. The molecule has 0 atom stereocenters. The van der Waals surface area contributed by atoms with Crippen LogP contribution in [-0.2, 0) is 5.41 Å². The van der Waals surface area contributed by atoms with E-state index in [-0.39, 0.29) is 11.2 Å². The summed E-state index contributed by atoms with van der Waals surface area (Å²) in [7, 11) is 1.41. The van der Waals surface area contributed by atoms with Crippen LogP contribution in [0.15, 0.2) is 10.5 Å². The molecule has 2 rings (SSSR count). The van der Waals surface area contributed by atoms with Crippen LogP contribution >= 0.6 is 15.9 Å². The summed E-state index contributed by atoms with van der Waals surface area (Å²) in [5.74, 6) is -0.949. The van der Waals surface area contributed by atoms with E-state index in [0.717, 1.165) is 18.4 Å². The Labute approximate surface area is 102 Å². The van der Waals surface area contributed by atoms with Gasteiger partial charge in [0.1, 0.15) is 0 Å². The largest absolute Gasteiger partial charge is 0.502 e. The predicted octanol–water partition coefficient (Wildman–Crippen LogP) is 2.29. The number of rotatable bonds is 3. The molecule has 1 aromatic rings. The molecule has 0 spiro atoms. The summed E-state index contributed by atoms with van der Waals surface area (Å²) in [5, 5.41) is 9.63. The normalized spacial score (nSPS) is 17.2. The van der Waals surface area contributed by atoms with Crippen LogP contribution < -0.4 is 10.5 Å². The van der Waals surface area contributed by atoms with Crippen molar-refractivity contribution in [2.75, 3.05) is 13.7 Å². The maximum Gasteiger partial charge on any atom is 0.194 e. The van der Waals surface area contributed by atoms with E-state index >= 15 is 0 Å². The Bertz CT molecular complexity index is 432. The molecule has 1 aliphatic rings. The van der Waals surface area contributed by atoms with E-state index in [9.17, 15) is 9.50 Å². The smallest absolute Gasteiger partial charge is 0.194 e. The van der Waals surface area contributed by atoms with Gasteiger partial charge in [-0.05, 0) is 18.9 Å². The molecule has 5 heteroatoms. The topological polar surface area (TPSA) is 55.5 Å². The zero-order valence-corrected chi connectivity index (χ0v) is 10.5. The zero-order chi connectivity index (χ0) is 11.9. The van der Waals surface area contributed by atoms with Crippen molar-refractivity contribution in [3.8, 4) is 11.5 Å². The predicted molar refractivity (Wildman–Crippen MR) is 62.3 cm³/mol. The zero-order valence-electron chi connectivity index (χ0n) is 8.89. The van der Waals surface area contributed by atoms with Crippen molar-refractivity contribution in [1.82, 2.24) is 0 Å². The van der Waals surface area contributed by atoms with Crippen molar-refractivity contribution in [2.24, 2.45) is 5.73 Å². The van der Waals surface area contributed by atoms with E-state index in [4.69, 9.17) is 10.5 Å². The van der Waals surface area contributed by atoms with Crippen LogP contribution in [0.1, 0.15) is 18.4 Å². The molecule has 16 heavy (non-hydrogen) atoms. The van der Waals surface area contributed by atoms with Crippen LogP contribution in [-0.4, -0.2) is 18.8 Å². The standard InChI is InChI=1S/C11H13BrFNO2/c1-16-10-8(11(5-14)2-3-11)6(12)4-7(13)9(10)15/h4,15H,2-3,5,14H2,1H3. The van der Waals surface area contributed by atoms with Gasteiger partial charge in [-0.2, -0.15) is 0 Å². The number of methoxy groups -OCH3 is 1. The van der Waals surface area contributed by atoms with Gasteiger partial charge in [-0.25, -0.2) is 4.39 Å². The number of phenolic OH excluding ortho intramolecular Hbond substituents is 1. The van der Waals surface area contributed by atoms with E-state index in [1.165, 1.54) is 13.2 Å². The summed E-state index contributed by atoms with van der Waals surface area (Å²) in [4.78, 5) is 0. The van der Waals surface area contributed by atoms with Crippen LogP contribution in [0.25, 0.3) is 0 Å². The van der Waals surface area contributed by atoms with Crippen molar-refractivity contribution < 1.29 is 14.2 Å². The third-order valence-electron chi connectivity index (χ3n) is 3.14. The highest BCUT2D eigenvalue weighted by atomic mass is 79.9. The van der Waals surface area contributed by atoms with E-state index in [2.05, 4.69) is 15.9 Å². The number of ether oxygens (including phenoxy) is 1. The van der Waals surface area contributed by atoms with Gasteiger partial charge in [0.2, 0.25) is 0 Å². The number of aromatic hydroxyl groups is 1. The van der Waals surface area contributed by atoms with Gasteiger partial charge in [-0.3, -0.25) is 0 Å². The van der Waals surface area contributed by atoms with Gasteiger partial charge in [0.15, 0.2) is 17.3 Å². The molecule has 3 nitrogen and oxygen atoms in total. The molecule has 0 heterocycles. The third-order valence-corrected chi connectivity index (χ3v) is 3.76. The van der Waals surface area contributed by atoms with Crippen molar-refractivity contribution in [1.29, 1.82) is 0 Å². The average molecular weight is 290 g/mol. The Balaban J connectivity index is 2.64. The number of halogens is 2. The molecule has 0 aliphatic heterocycles. The molecule has 1 fully saturated rings. The molecule has 88 valence electrons. The van der Waals surface area contributed by atoms with Gasteiger partial charge < -0.3 is 15.6 Å². The second-order valence-corrected chi connectivity index (χ2v) is 4.94. The fraction of sp³-hybridized carbons (Fsp3) is 0.455. The fourth-order valence-electron chi connectivity index (χ4n) is 1.99. The van der Waals surface area contributed by atoms with Gasteiger partial charge in [0.05, 0.1) is 7.11 Å². The first-order valence-corrected chi connectivity index (χ1v) is 5.80. The average Bonchev–Trinajstić information content (AvgIpc) is 3.03. The monoisotopic (exact) mass is 289 g/mol. The Morgan fingerprint density at radius 3 is 2.69 bits per heavy atom. The molecular formula is C11H13BrFNO2. The quantitative estimate of drug-likeness (QED) is 0.898. The minimum absolute atomic E-state index is 0.171. The van der Waals surface area contributed by atoms with E-state index < -0.39 is 11.6 Å². The lowest BCUT2D eigenvalue weighted by molar-refractivity contribution is 0.349. The molecule has 3 N–H and O–H groups in total. The van der Waals surface area contributed by atoms with Crippen LogP contribution in [0.4, 0.5) is 4.39 Å². The van der Waals surface area contributed by atoms with E-state index in [1.807, 2.05) is 0 Å². The minimum Gasteiger partial charge on any atom is -0.502 e. The number of phenols is 1. The molecule has 0 aromatic heterocycles. The summed E-state index contributed by atoms with van der Waals surface area (Å²) in [6.45, 7) is 0.465. The Morgan fingerprint density at radius 1 is 1.62 bits per heavy atom. The van der Waals surface area contributed by atoms with Gasteiger partial charge in [-0.15, -0.1) is 0 Å². The first-order chi connectivity index (χ1) is 7.55. The molecule has 0 unspecified atom stereocenters. The van der Waals surface area contributed by atoms with Gasteiger partial charge in [0, 0.05) is 22.0 Å². The number of nitrogens with two attached hydrogens (primary N) is 1. The molecule has 0 saturated heterocycles. The first kappa shape index (κ1) is 11.7. The Hall–Kier alpha value is -0.810. The van der Waals surface area contributed by atoms with Crippen molar-refractivity contribution in [3.63, 3.8) is 0 Å². The lowest BCUT2D eigenvalue weighted by Crippen LogP contribution is -2.21. The summed E-state index contributed by atoms with van der Waals surface area (Å²) in [5.41, 5.74) is 6.33. The van der Waals surface area contributed by atoms with E-state index in [0.29, 0.717) is 11.0 Å². The maximum atomic E-state index is 13.3. The molecule has 0 bridgehead atoms. The van der Waals surface area contributed by atoms with Crippen LogP contribution in [0, 0.1) is 5.82 Å². The Kier molecular flexibility index (Phi) is 2.84. The van der Waals surface area contributed by atoms with Crippen molar-refractivity contribution >= 4 is 15.9 Å². The fourth-order valence-corrected chi connectivity index (χ4v) is 2.79. The highest BCUT2D eigenvalue weighted by molar-refractivity contribution is 9.10. The molecule has 1 saturated carbocycles. The molecule has 1 aromatic carbocycles. The van der Waals surface area contributed by atoms with Gasteiger partial charge in [0.25, 0.3) is 0 Å². The van der Waals surface area contributed by atoms with Crippen LogP contribution in [0.5, 0.6) is 11.5 Å². The maximum absolute atomic E-state index is 13.3. The molecular weight excluding hydrogens is 277 g/mol. The molecule has 0 amide bonds. The number of hydrogen-bond acceptors (Lipinski definition) is 3. The van der Waals surface area contributed by atoms with Crippen LogP contribution in [0.2, 0.25) is 0 Å².